The molecule has 1 aliphatic heterocycles. The van der Waals surface area contributed by atoms with E-state index in [4.69, 9.17) is 5.26 Å². The van der Waals surface area contributed by atoms with Crippen LogP contribution < -0.4 is 5.32 Å². The fourth-order valence-electron chi connectivity index (χ4n) is 4.12. The van der Waals surface area contributed by atoms with Crippen LogP contribution in [0.15, 0.2) is 35.8 Å². The number of nitriles is 1. The summed E-state index contributed by atoms with van der Waals surface area (Å²) in [6, 6.07) is 9.16. The first-order valence-electron chi connectivity index (χ1n) is 10.9. The summed E-state index contributed by atoms with van der Waals surface area (Å²) in [5.41, 5.74) is 2.78. The molecule has 0 saturated carbocycles. The molecule has 0 unspecified atom stereocenters. The van der Waals surface area contributed by atoms with Crippen LogP contribution in [-0.4, -0.2) is 43.8 Å². The molecule has 0 bridgehead atoms. The van der Waals surface area contributed by atoms with Gasteiger partial charge >= 0.3 is 0 Å². The lowest BCUT2D eigenvalue weighted by molar-refractivity contribution is -0.128. The number of carbonyl (C=O) groups excluding carboxylic acids is 2. The standard InChI is InChI=1S/C24H26N6O2S/c1-15-19(5-4-10-30(15)24(32)20-13-29(3)16(2)27-20)23(31)26-12-22-28-21(14-33-22)18-8-6-17(11-25)7-9-18/h6-9,13-15,19H,4-5,10,12H2,1-3H3,(H,26,31)/t15-,19-/m0/s1. The highest BCUT2D eigenvalue weighted by Gasteiger charge is 2.36. The summed E-state index contributed by atoms with van der Waals surface area (Å²) in [5.74, 6) is 0.314. The van der Waals surface area contributed by atoms with E-state index in [1.54, 1.807) is 23.2 Å². The molecule has 1 N–H and O–H groups in total. The number of aryl methyl sites for hydroxylation is 2. The van der Waals surface area contributed by atoms with Gasteiger partial charge in [-0.05, 0) is 38.8 Å². The Morgan fingerprint density at radius 2 is 2.03 bits per heavy atom. The van der Waals surface area contributed by atoms with Crippen molar-refractivity contribution in [2.75, 3.05) is 6.54 Å². The average molecular weight is 463 g/mol. The zero-order valence-corrected chi connectivity index (χ0v) is 19.7. The third-order valence-electron chi connectivity index (χ3n) is 6.19. The van der Waals surface area contributed by atoms with Gasteiger partial charge in [-0.2, -0.15) is 5.26 Å². The molecule has 8 nitrogen and oxygen atoms in total. The number of amides is 2. The van der Waals surface area contributed by atoms with Crippen LogP contribution >= 0.6 is 11.3 Å². The van der Waals surface area contributed by atoms with Crippen molar-refractivity contribution < 1.29 is 9.59 Å². The van der Waals surface area contributed by atoms with E-state index in [1.807, 2.05) is 43.0 Å². The van der Waals surface area contributed by atoms with Gasteiger partial charge in [-0.25, -0.2) is 9.97 Å². The Balaban J connectivity index is 1.37. The number of nitrogens with one attached hydrogen (secondary N) is 1. The first-order chi connectivity index (χ1) is 15.9. The van der Waals surface area contributed by atoms with E-state index in [1.165, 1.54) is 11.3 Å². The molecule has 33 heavy (non-hydrogen) atoms. The Bertz CT molecular complexity index is 1190. The number of benzene rings is 1. The minimum absolute atomic E-state index is 0.0627. The summed E-state index contributed by atoms with van der Waals surface area (Å²) >= 11 is 1.48. The number of carbonyl (C=O) groups is 2. The number of nitrogens with zero attached hydrogens (tertiary/aromatic N) is 5. The third-order valence-corrected chi connectivity index (χ3v) is 7.04. The average Bonchev–Trinajstić information content (AvgIpc) is 3.43. The fraction of sp³-hybridized carbons (Fsp3) is 0.375. The van der Waals surface area contributed by atoms with Crippen LogP contribution in [0.5, 0.6) is 0 Å². The van der Waals surface area contributed by atoms with Crippen LogP contribution in [0.3, 0.4) is 0 Å². The first-order valence-corrected chi connectivity index (χ1v) is 11.8. The highest BCUT2D eigenvalue weighted by molar-refractivity contribution is 7.09. The van der Waals surface area contributed by atoms with Crippen LogP contribution in [-0.2, 0) is 18.4 Å². The molecule has 4 rings (SSSR count). The summed E-state index contributed by atoms with van der Waals surface area (Å²) in [7, 11) is 1.86. The van der Waals surface area contributed by atoms with E-state index in [0.29, 0.717) is 24.3 Å². The number of rotatable bonds is 5. The number of hydrogen-bond donors (Lipinski definition) is 1. The van der Waals surface area contributed by atoms with E-state index in [0.717, 1.165) is 34.9 Å². The Hall–Kier alpha value is -3.51. The van der Waals surface area contributed by atoms with Crippen molar-refractivity contribution in [3.63, 3.8) is 0 Å². The SMILES string of the molecule is Cc1nc(C(=O)N2CCC[C@H](C(=O)NCc3nc(-c4ccc(C#N)cc4)cs3)[C@@H]2C)cn1C. The molecule has 2 aromatic heterocycles. The lowest BCUT2D eigenvalue weighted by Crippen LogP contribution is -2.51. The van der Waals surface area contributed by atoms with E-state index in [9.17, 15) is 9.59 Å². The maximum atomic E-state index is 13.0. The van der Waals surface area contributed by atoms with Gasteiger partial charge in [0, 0.05) is 36.8 Å². The highest BCUT2D eigenvalue weighted by atomic mass is 32.1. The number of likely N-dealkylation sites (tertiary alicyclic amines) is 1. The van der Waals surface area contributed by atoms with Crippen molar-refractivity contribution >= 4 is 23.2 Å². The van der Waals surface area contributed by atoms with Crippen molar-refractivity contribution in [2.45, 2.75) is 39.3 Å². The summed E-state index contributed by atoms with van der Waals surface area (Å²) in [6.07, 6.45) is 3.26. The second-order valence-corrected chi connectivity index (χ2v) is 9.25. The van der Waals surface area contributed by atoms with E-state index < -0.39 is 0 Å². The van der Waals surface area contributed by atoms with Crippen LogP contribution in [0.25, 0.3) is 11.3 Å². The van der Waals surface area contributed by atoms with Gasteiger partial charge in [-0.15, -0.1) is 11.3 Å². The molecule has 3 aromatic rings. The lowest BCUT2D eigenvalue weighted by Gasteiger charge is -2.38. The Labute approximate surface area is 196 Å². The molecule has 2 amide bonds. The first kappa shape index (κ1) is 22.7. The smallest absolute Gasteiger partial charge is 0.274 e. The highest BCUT2D eigenvalue weighted by Crippen LogP contribution is 2.26. The van der Waals surface area contributed by atoms with Gasteiger partial charge in [0.15, 0.2) is 0 Å². The maximum Gasteiger partial charge on any atom is 0.274 e. The topological polar surface area (TPSA) is 104 Å². The predicted molar refractivity (Wildman–Crippen MR) is 125 cm³/mol. The normalized spacial score (nSPS) is 18.1. The monoisotopic (exact) mass is 462 g/mol. The zero-order chi connectivity index (χ0) is 23.5. The van der Waals surface area contributed by atoms with Crippen LogP contribution in [0.1, 0.15) is 46.6 Å². The maximum absolute atomic E-state index is 13.0. The van der Waals surface area contributed by atoms with Gasteiger partial charge < -0.3 is 14.8 Å². The molecular weight excluding hydrogens is 436 g/mol. The largest absolute Gasteiger partial charge is 0.349 e. The molecule has 1 saturated heterocycles. The minimum atomic E-state index is -0.273. The summed E-state index contributed by atoms with van der Waals surface area (Å²) in [4.78, 5) is 36.7. The fourth-order valence-corrected chi connectivity index (χ4v) is 4.87. The molecule has 1 fully saturated rings. The van der Waals surface area contributed by atoms with Crippen LogP contribution in [0, 0.1) is 24.2 Å². The van der Waals surface area contributed by atoms with Crippen molar-refractivity contribution in [2.24, 2.45) is 13.0 Å². The van der Waals surface area contributed by atoms with Gasteiger partial charge in [0.05, 0.1) is 29.8 Å². The molecule has 0 spiro atoms. The summed E-state index contributed by atoms with van der Waals surface area (Å²) < 4.78 is 1.83. The number of piperidine rings is 1. The Morgan fingerprint density at radius 1 is 1.27 bits per heavy atom. The number of hydrogen-bond acceptors (Lipinski definition) is 6. The van der Waals surface area contributed by atoms with E-state index >= 15 is 0 Å². The Kier molecular flexibility index (Phi) is 6.56. The number of imidazole rings is 1. The van der Waals surface area contributed by atoms with Crippen molar-refractivity contribution in [1.82, 2.24) is 24.8 Å². The van der Waals surface area contributed by atoms with Crippen LogP contribution in [0.2, 0.25) is 0 Å². The van der Waals surface area contributed by atoms with Crippen LogP contribution in [0.4, 0.5) is 0 Å². The van der Waals surface area contributed by atoms with Gasteiger partial charge in [0.1, 0.15) is 16.5 Å². The summed E-state index contributed by atoms with van der Waals surface area (Å²) in [6.45, 7) is 4.76. The minimum Gasteiger partial charge on any atom is -0.349 e. The van der Waals surface area contributed by atoms with Gasteiger partial charge in [0.2, 0.25) is 5.91 Å². The second-order valence-electron chi connectivity index (χ2n) is 8.31. The molecule has 2 atom stereocenters. The quantitative estimate of drug-likeness (QED) is 0.627. The number of aromatic nitrogens is 3. The molecule has 9 heteroatoms. The summed E-state index contributed by atoms with van der Waals surface area (Å²) in [5, 5.41) is 14.7. The molecular formula is C24H26N6O2S. The molecule has 0 radical (unpaired) electrons. The Morgan fingerprint density at radius 3 is 2.70 bits per heavy atom. The van der Waals surface area contributed by atoms with Crippen molar-refractivity contribution in [3.05, 3.63) is 57.9 Å². The number of thiazole rings is 1. The molecule has 0 aliphatic carbocycles. The van der Waals surface area contributed by atoms with Gasteiger partial charge in [0.25, 0.3) is 5.91 Å². The lowest BCUT2D eigenvalue weighted by atomic mass is 9.89. The van der Waals surface area contributed by atoms with Gasteiger partial charge in [-0.3, -0.25) is 9.59 Å². The van der Waals surface area contributed by atoms with E-state index in [-0.39, 0.29) is 23.8 Å². The van der Waals surface area contributed by atoms with Crippen molar-refractivity contribution in [1.29, 1.82) is 5.26 Å². The molecule has 1 aliphatic rings. The van der Waals surface area contributed by atoms with Gasteiger partial charge in [-0.1, -0.05) is 12.1 Å². The van der Waals surface area contributed by atoms with Crippen molar-refractivity contribution in [3.8, 4) is 17.3 Å². The molecule has 3 heterocycles. The molecule has 170 valence electrons. The third kappa shape index (κ3) is 4.81. The predicted octanol–water partition coefficient (Wildman–Crippen LogP) is 3.28. The second kappa shape index (κ2) is 9.55. The molecule has 1 aromatic carbocycles. The van der Waals surface area contributed by atoms with E-state index in [2.05, 4.69) is 21.4 Å². The zero-order valence-electron chi connectivity index (χ0n) is 18.9.